The molecule has 3 nitrogen and oxygen atoms in total. The molecule has 0 fully saturated rings. The summed E-state index contributed by atoms with van der Waals surface area (Å²) in [5.41, 5.74) is 11.5. The Balaban J connectivity index is 1.15. The fraction of sp³-hybridized carbons (Fsp3) is 0. The molecule has 0 saturated heterocycles. The highest BCUT2D eigenvalue weighted by atomic mass is 32.1. The lowest BCUT2D eigenvalue weighted by atomic mass is 9.94. The van der Waals surface area contributed by atoms with Crippen LogP contribution in [0.4, 0.5) is 0 Å². The van der Waals surface area contributed by atoms with E-state index in [0.29, 0.717) is 5.82 Å². The van der Waals surface area contributed by atoms with Gasteiger partial charge in [0, 0.05) is 68.8 Å². The molecule has 262 valence electrons. The van der Waals surface area contributed by atoms with Gasteiger partial charge in [0.2, 0.25) is 0 Å². The average molecular weight is 750 g/mol. The van der Waals surface area contributed by atoms with Gasteiger partial charge in [-0.25, -0.2) is 9.97 Å². The monoisotopic (exact) mass is 749 g/mol. The standard InChI is InChI=1S/C51H31N3S2/c1-2-12-32(13-3-1)45-31-46(34-25-23-33(24-26-34)44-20-8-9-27-52-44)54-51(53-45)37-29-35(38-16-10-18-42-40-14-4-6-21-47(40)55-49(38)42)28-36(30-37)39-17-11-19-43-41-15-5-7-22-48(41)56-50(39)43/h1-31H. The number of benzene rings is 7. The van der Waals surface area contributed by atoms with Gasteiger partial charge < -0.3 is 0 Å². The number of pyridine rings is 1. The number of rotatable bonds is 6. The van der Waals surface area contributed by atoms with E-state index in [1.165, 1.54) is 51.5 Å². The molecule has 0 spiro atoms. The third kappa shape index (κ3) is 5.68. The Bertz CT molecular complexity index is 3110. The molecule has 0 atom stereocenters. The second-order valence-electron chi connectivity index (χ2n) is 14.0. The quantitative estimate of drug-likeness (QED) is 0.170. The highest BCUT2D eigenvalue weighted by molar-refractivity contribution is 7.26. The Hall–Kier alpha value is -6.79. The van der Waals surface area contributed by atoms with Crippen LogP contribution in [0, 0.1) is 0 Å². The lowest BCUT2D eigenvalue weighted by molar-refractivity contribution is 1.18. The molecule has 4 heterocycles. The molecule has 56 heavy (non-hydrogen) atoms. The Morgan fingerprint density at radius 2 is 0.804 bits per heavy atom. The van der Waals surface area contributed by atoms with E-state index in [4.69, 9.17) is 9.97 Å². The summed E-state index contributed by atoms with van der Waals surface area (Å²) in [6.07, 6.45) is 1.83. The van der Waals surface area contributed by atoms with Crippen LogP contribution in [0.15, 0.2) is 188 Å². The maximum Gasteiger partial charge on any atom is 0.160 e. The third-order valence-corrected chi connectivity index (χ3v) is 13.0. The van der Waals surface area contributed by atoms with Gasteiger partial charge in [-0.2, -0.15) is 0 Å². The number of thiophene rings is 2. The van der Waals surface area contributed by atoms with Crippen LogP contribution in [0.25, 0.3) is 108 Å². The van der Waals surface area contributed by atoms with Crippen LogP contribution in [-0.4, -0.2) is 15.0 Å². The summed E-state index contributed by atoms with van der Waals surface area (Å²) >= 11 is 3.71. The molecule has 11 aromatic rings. The first-order valence-electron chi connectivity index (χ1n) is 18.7. The SMILES string of the molecule is c1ccc(-c2cc(-c3ccc(-c4ccccn4)cc3)nc(-c3cc(-c4cccc5c4sc4ccccc45)cc(-c4cccc5c4sc4ccccc45)c3)n2)cc1. The molecule has 0 bridgehead atoms. The van der Waals surface area contributed by atoms with Crippen LogP contribution in [0.1, 0.15) is 0 Å². The first-order chi connectivity index (χ1) is 27.7. The molecule has 0 amide bonds. The highest BCUT2D eigenvalue weighted by Gasteiger charge is 2.18. The Kier molecular flexibility index (Phi) is 7.87. The minimum Gasteiger partial charge on any atom is -0.256 e. The highest BCUT2D eigenvalue weighted by Crippen LogP contribution is 2.45. The van der Waals surface area contributed by atoms with Crippen LogP contribution >= 0.6 is 22.7 Å². The van der Waals surface area contributed by atoms with Crippen LogP contribution in [0.3, 0.4) is 0 Å². The minimum atomic E-state index is 0.685. The topological polar surface area (TPSA) is 38.7 Å². The molecule has 0 aliphatic heterocycles. The van der Waals surface area contributed by atoms with E-state index in [1.807, 2.05) is 53.1 Å². The van der Waals surface area contributed by atoms with Gasteiger partial charge in [-0.05, 0) is 70.8 Å². The van der Waals surface area contributed by atoms with Crippen molar-refractivity contribution in [3.63, 3.8) is 0 Å². The number of hydrogen-bond acceptors (Lipinski definition) is 5. The van der Waals surface area contributed by atoms with Crippen molar-refractivity contribution >= 4 is 63.0 Å². The van der Waals surface area contributed by atoms with Crippen molar-refractivity contribution < 1.29 is 0 Å². The molecule has 5 heteroatoms. The molecule has 7 aromatic carbocycles. The van der Waals surface area contributed by atoms with Crippen LogP contribution in [0.2, 0.25) is 0 Å². The maximum atomic E-state index is 5.34. The van der Waals surface area contributed by atoms with Crippen molar-refractivity contribution in [1.29, 1.82) is 0 Å². The average Bonchev–Trinajstić information content (AvgIpc) is 3.86. The molecule has 0 unspecified atom stereocenters. The summed E-state index contributed by atoms with van der Waals surface area (Å²) in [6, 6.07) is 64.8. The number of aromatic nitrogens is 3. The smallest absolute Gasteiger partial charge is 0.160 e. The molecule has 0 aliphatic carbocycles. The number of nitrogens with zero attached hydrogens (tertiary/aromatic N) is 3. The minimum absolute atomic E-state index is 0.685. The Morgan fingerprint density at radius 3 is 1.38 bits per heavy atom. The van der Waals surface area contributed by atoms with E-state index < -0.39 is 0 Å². The predicted molar refractivity (Wildman–Crippen MR) is 238 cm³/mol. The summed E-state index contributed by atoms with van der Waals surface area (Å²) in [4.78, 5) is 15.2. The Labute approximate surface area is 331 Å². The largest absolute Gasteiger partial charge is 0.256 e. The maximum absolute atomic E-state index is 5.34. The third-order valence-electron chi connectivity index (χ3n) is 10.6. The van der Waals surface area contributed by atoms with Gasteiger partial charge in [0.05, 0.1) is 17.1 Å². The summed E-state index contributed by atoms with van der Waals surface area (Å²) in [6.45, 7) is 0. The van der Waals surface area contributed by atoms with Crippen LogP contribution in [-0.2, 0) is 0 Å². The van der Waals surface area contributed by atoms with E-state index in [-0.39, 0.29) is 0 Å². The first-order valence-corrected chi connectivity index (χ1v) is 20.3. The second kappa shape index (κ2) is 13.5. The fourth-order valence-electron chi connectivity index (χ4n) is 7.84. The molecule has 11 rings (SSSR count). The zero-order chi connectivity index (χ0) is 37.0. The van der Waals surface area contributed by atoms with E-state index >= 15 is 0 Å². The van der Waals surface area contributed by atoms with E-state index in [9.17, 15) is 0 Å². The van der Waals surface area contributed by atoms with Gasteiger partial charge in [-0.15, -0.1) is 22.7 Å². The van der Waals surface area contributed by atoms with Crippen molar-refractivity contribution in [3.8, 4) is 67.4 Å². The van der Waals surface area contributed by atoms with Crippen molar-refractivity contribution in [2.75, 3.05) is 0 Å². The molecule has 0 aliphatic rings. The predicted octanol–water partition coefficient (Wildman–Crippen LogP) is 14.6. The van der Waals surface area contributed by atoms with Gasteiger partial charge in [-0.1, -0.05) is 133 Å². The first kappa shape index (κ1) is 32.6. The van der Waals surface area contributed by atoms with Crippen LogP contribution < -0.4 is 0 Å². The molecule has 4 aromatic heterocycles. The Morgan fingerprint density at radius 1 is 0.321 bits per heavy atom. The van der Waals surface area contributed by atoms with Gasteiger partial charge >= 0.3 is 0 Å². The van der Waals surface area contributed by atoms with Crippen molar-refractivity contribution in [2.45, 2.75) is 0 Å². The summed E-state index contributed by atoms with van der Waals surface area (Å²) in [5.74, 6) is 0.685. The molecule has 0 N–H and O–H groups in total. The molecular weight excluding hydrogens is 719 g/mol. The van der Waals surface area contributed by atoms with E-state index in [2.05, 4.69) is 163 Å². The summed E-state index contributed by atoms with van der Waals surface area (Å²) in [7, 11) is 0. The number of hydrogen-bond donors (Lipinski definition) is 0. The summed E-state index contributed by atoms with van der Waals surface area (Å²) in [5, 5.41) is 5.14. The zero-order valence-electron chi connectivity index (χ0n) is 30.1. The van der Waals surface area contributed by atoms with Crippen molar-refractivity contribution in [3.05, 3.63) is 188 Å². The fourth-order valence-corrected chi connectivity index (χ4v) is 10.3. The second-order valence-corrected chi connectivity index (χ2v) is 16.1. The van der Waals surface area contributed by atoms with Crippen molar-refractivity contribution in [2.24, 2.45) is 0 Å². The molecule has 0 radical (unpaired) electrons. The molecular formula is C51H31N3S2. The van der Waals surface area contributed by atoms with Crippen molar-refractivity contribution in [1.82, 2.24) is 15.0 Å². The van der Waals surface area contributed by atoms with Gasteiger partial charge in [0.1, 0.15) is 0 Å². The normalized spacial score (nSPS) is 11.6. The van der Waals surface area contributed by atoms with E-state index in [1.54, 1.807) is 0 Å². The number of fused-ring (bicyclic) bond motifs is 6. The molecule has 0 saturated carbocycles. The summed E-state index contributed by atoms with van der Waals surface area (Å²) < 4.78 is 5.15. The van der Waals surface area contributed by atoms with Gasteiger partial charge in [-0.3, -0.25) is 4.98 Å². The lowest BCUT2D eigenvalue weighted by Crippen LogP contribution is -1.97. The van der Waals surface area contributed by atoms with Gasteiger partial charge in [0.15, 0.2) is 5.82 Å². The zero-order valence-corrected chi connectivity index (χ0v) is 31.7. The van der Waals surface area contributed by atoms with Crippen LogP contribution in [0.5, 0.6) is 0 Å². The lowest BCUT2D eigenvalue weighted by Gasteiger charge is -2.14. The van der Waals surface area contributed by atoms with E-state index in [0.717, 1.165) is 50.5 Å². The van der Waals surface area contributed by atoms with Gasteiger partial charge in [0.25, 0.3) is 0 Å².